The van der Waals surface area contributed by atoms with Crippen molar-refractivity contribution >= 4 is 15.8 Å². The molecule has 2 atom stereocenters. The molecule has 200 valence electrons. The van der Waals surface area contributed by atoms with Crippen molar-refractivity contribution in [2.24, 2.45) is 5.92 Å². The maximum atomic E-state index is 11.4. The highest BCUT2D eigenvalue weighted by Crippen LogP contribution is 2.47. The van der Waals surface area contributed by atoms with Crippen LogP contribution in [0.2, 0.25) is 0 Å². The van der Waals surface area contributed by atoms with E-state index in [9.17, 15) is 18.3 Å². The number of carboxylic acids is 1. The van der Waals surface area contributed by atoms with Gasteiger partial charge in [0.1, 0.15) is 27.9 Å². The van der Waals surface area contributed by atoms with Gasteiger partial charge in [-0.15, -0.1) is 0 Å². The van der Waals surface area contributed by atoms with E-state index in [1.165, 1.54) is 34.1 Å². The molecule has 5 rings (SSSR count). The number of sulfone groups is 1. The topological polar surface area (TPSA) is 89.9 Å². The molecule has 1 saturated carbocycles. The van der Waals surface area contributed by atoms with Crippen LogP contribution in [-0.2, 0) is 34.1 Å². The Morgan fingerprint density at radius 2 is 1.71 bits per heavy atom. The number of benzene rings is 3. The van der Waals surface area contributed by atoms with Crippen molar-refractivity contribution in [2.75, 3.05) is 18.6 Å². The second-order valence-corrected chi connectivity index (χ2v) is 12.8. The molecule has 0 heterocycles. The van der Waals surface area contributed by atoms with Gasteiger partial charge in [0.25, 0.3) is 0 Å². The van der Waals surface area contributed by atoms with Gasteiger partial charge in [-0.3, -0.25) is 4.79 Å². The van der Waals surface area contributed by atoms with Crippen molar-refractivity contribution in [3.8, 4) is 22.6 Å². The lowest BCUT2D eigenvalue weighted by molar-refractivity contribution is -0.138. The summed E-state index contributed by atoms with van der Waals surface area (Å²) < 4.78 is 34.7. The van der Waals surface area contributed by atoms with Crippen LogP contribution in [0, 0.1) is 12.8 Å². The molecule has 38 heavy (non-hydrogen) atoms. The third kappa shape index (κ3) is 6.04. The zero-order chi connectivity index (χ0) is 26.9. The minimum Gasteiger partial charge on any atom is -0.494 e. The average molecular weight is 535 g/mol. The zero-order valence-corrected chi connectivity index (χ0v) is 22.7. The summed E-state index contributed by atoms with van der Waals surface area (Å²) in [6, 6.07) is 18.4. The first kappa shape index (κ1) is 26.3. The van der Waals surface area contributed by atoms with Crippen LogP contribution in [0.25, 0.3) is 11.1 Å². The predicted octanol–water partition coefficient (Wildman–Crippen LogP) is 5.73. The summed E-state index contributed by atoms with van der Waals surface area (Å²) in [5.74, 6) is 0.826. The summed E-state index contributed by atoms with van der Waals surface area (Å²) in [5.41, 5.74) is 8.49. The maximum Gasteiger partial charge on any atom is 0.307 e. The molecule has 0 unspecified atom stereocenters. The molecule has 0 bridgehead atoms. The molecule has 6 nitrogen and oxygen atoms in total. The molecule has 3 aromatic rings. The summed E-state index contributed by atoms with van der Waals surface area (Å²) in [7, 11) is -2.98. The van der Waals surface area contributed by atoms with E-state index in [-0.39, 0.29) is 17.6 Å². The molecule has 0 saturated heterocycles. The van der Waals surface area contributed by atoms with Crippen molar-refractivity contribution in [3.63, 3.8) is 0 Å². The van der Waals surface area contributed by atoms with Crippen LogP contribution in [0.4, 0.5) is 0 Å². The van der Waals surface area contributed by atoms with E-state index in [4.69, 9.17) is 9.47 Å². The van der Waals surface area contributed by atoms with Gasteiger partial charge in [0.2, 0.25) is 0 Å². The second kappa shape index (κ2) is 10.8. The van der Waals surface area contributed by atoms with Crippen LogP contribution in [0.1, 0.15) is 53.0 Å². The normalized spacial score (nSPS) is 18.2. The van der Waals surface area contributed by atoms with Crippen LogP contribution in [-0.4, -0.2) is 38.1 Å². The second-order valence-electron chi connectivity index (χ2n) is 10.5. The number of carbonyl (C=O) groups is 1. The molecule has 1 N–H and O–H groups in total. The van der Waals surface area contributed by atoms with E-state index >= 15 is 0 Å². The summed E-state index contributed by atoms with van der Waals surface area (Å²) in [6.45, 7) is 2.99. The molecular formula is C31H34O6S. The number of aryl methyl sites for hydroxylation is 2. The SMILES string of the molecule is Cc1c(COc2ccc([C@H]3C[C@@H]3C(=O)O)cc2)ccc2c1-c1ccc(OCCCS(C)(=O)=O)cc1CCC2. The maximum absolute atomic E-state index is 11.4. The Morgan fingerprint density at radius 1 is 0.974 bits per heavy atom. The molecule has 3 aromatic carbocycles. The molecule has 0 aliphatic heterocycles. The van der Waals surface area contributed by atoms with E-state index in [0.717, 1.165) is 41.9 Å². The molecule has 2 aliphatic rings. The summed E-state index contributed by atoms with van der Waals surface area (Å²) in [6.07, 6.45) is 5.47. The number of fused-ring (bicyclic) bond motifs is 3. The number of hydrogen-bond acceptors (Lipinski definition) is 5. The number of carboxylic acid groups (broad SMARTS) is 1. The Bertz CT molecular complexity index is 1440. The highest BCUT2D eigenvalue weighted by Gasteiger charge is 2.44. The molecule has 0 aromatic heterocycles. The number of hydrogen-bond donors (Lipinski definition) is 1. The Labute approximate surface area is 224 Å². The minimum absolute atomic E-state index is 0.117. The highest BCUT2D eigenvalue weighted by atomic mass is 32.2. The van der Waals surface area contributed by atoms with Crippen molar-refractivity contribution < 1.29 is 27.8 Å². The van der Waals surface area contributed by atoms with Gasteiger partial charge in [-0.25, -0.2) is 8.42 Å². The van der Waals surface area contributed by atoms with Crippen LogP contribution in [0.5, 0.6) is 11.5 Å². The summed E-state index contributed by atoms with van der Waals surface area (Å²) in [5, 5.41) is 9.17. The zero-order valence-electron chi connectivity index (χ0n) is 21.9. The van der Waals surface area contributed by atoms with Gasteiger partial charge in [0, 0.05) is 6.26 Å². The van der Waals surface area contributed by atoms with E-state index < -0.39 is 15.8 Å². The monoisotopic (exact) mass is 534 g/mol. The van der Waals surface area contributed by atoms with E-state index in [0.29, 0.717) is 26.1 Å². The van der Waals surface area contributed by atoms with Crippen molar-refractivity contribution in [1.29, 1.82) is 0 Å². The largest absolute Gasteiger partial charge is 0.494 e. The third-order valence-electron chi connectivity index (χ3n) is 7.64. The number of ether oxygens (including phenoxy) is 2. The van der Waals surface area contributed by atoms with Crippen LogP contribution in [0.3, 0.4) is 0 Å². The van der Waals surface area contributed by atoms with Crippen molar-refractivity contribution in [2.45, 2.75) is 51.6 Å². The van der Waals surface area contributed by atoms with Crippen molar-refractivity contribution in [1.82, 2.24) is 0 Å². The van der Waals surface area contributed by atoms with Gasteiger partial charge in [-0.05, 0) is 108 Å². The lowest BCUT2D eigenvalue weighted by atomic mass is 9.90. The molecule has 1 fully saturated rings. The molecule has 0 amide bonds. The van der Waals surface area contributed by atoms with Gasteiger partial charge in [0.15, 0.2) is 0 Å². The van der Waals surface area contributed by atoms with Gasteiger partial charge in [-0.2, -0.15) is 0 Å². The first-order valence-corrected chi connectivity index (χ1v) is 15.3. The Morgan fingerprint density at radius 3 is 2.42 bits per heavy atom. The highest BCUT2D eigenvalue weighted by molar-refractivity contribution is 7.90. The quantitative estimate of drug-likeness (QED) is 0.334. The molecule has 2 aliphatic carbocycles. The van der Waals surface area contributed by atoms with Crippen molar-refractivity contribution in [3.05, 3.63) is 82.4 Å². The lowest BCUT2D eigenvalue weighted by Gasteiger charge is -2.18. The fourth-order valence-corrected chi connectivity index (χ4v) is 6.09. The van der Waals surface area contributed by atoms with E-state index in [2.05, 4.69) is 31.2 Å². The Hall–Kier alpha value is -3.32. The Balaban J connectivity index is 1.29. The first-order valence-electron chi connectivity index (χ1n) is 13.2. The summed E-state index contributed by atoms with van der Waals surface area (Å²) >= 11 is 0. The average Bonchev–Trinajstić information content (AvgIpc) is 3.70. The standard InChI is InChI=1S/C31H34O6S/c1-20-24(19-37-25-11-9-21(10-12-25)28-18-29(28)31(32)33)8-7-22-5-3-6-23-17-26(13-14-27(23)30(20)22)36-15-4-16-38(2,34)35/h7-14,17,28-29H,3-6,15-16,18-19H2,1-2H3,(H,32,33)/t28-,29+/m1/s1. The third-order valence-corrected chi connectivity index (χ3v) is 8.67. The predicted molar refractivity (Wildman–Crippen MR) is 148 cm³/mol. The smallest absolute Gasteiger partial charge is 0.307 e. The van der Waals surface area contributed by atoms with E-state index in [1.807, 2.05) is 30.3 Å². The summed E-state index contributed by atoms with van der Waals surface area (Å²) in [4.78, 5) is 11.2. The molecule has 0 radical (unpaired) electrons. The van der Waals surface area contributed by atoms with Gasteiger partial charge < -0.3 is 14.6 Å². The Kier molecular flexibility index (Phi) is 7.48. The fourth-order valence-electron chi connectivity index (χ4n) is 5.45. The lowest BCUT2D eigenvalue weighted by Crippen LogP contribution is -2.08. The number of aliphatic carboxylic acids is 1. The minimum atomic E-state index is -2.98. The van der Waals surface area contributed by atoms with Crippen LogP contribution < -0.4 is 9.47 Å². The first-order chi connectivity index (χ1) is 18.2. The van der Waals surface area contributed by atoms with Crippen LogP contribution in [0.15, 0.2) is 54.6 Å². The van der Waals surface area contributed by atoms with Crippen LogP contribution >= 0.6 is 0 Å². The van der Waals surface area contributed by atoms with E-state index in [1.54, 1.807) is 0 Å². The number of rotatable bonds is 10. The molecular weight excluding hydrogens is 500 g/mol. The molecule has 7 heteroatoms. The van der Waals surface area contributed by atoms with Gasteiger partial charge in [-0.1, -0.05) is 30.3 Å². The van der Waals surface area contributed by atoms with Gasteiger partial charge in [0.05, 0.1) is 18.3 Å². The molecule has 0 spiro atoms. The fraction of sp³-hybridized carbons (Fsp3) is 0.387. The van der Waals surface area contributed by atoms with Gasteiger partial charge >= 0.3 is 5.97 Å².